The predicted octanol–water partition coefficient (Wildman–Crippen LogP) is 10.9. The molecule has 0 saturated heterocycles. The predicted molar refractivity (Wildman–Crippen MR) is 198 cm³/mol. The van der Waals surface area contributed by atoms with Crippen molar-refractivity contribution in [1.82, 2.24) is 0 Å². The zero-order chi connectivity index (χ0) is 34.6. The normalized spacial score (nSPS) is 12.7. The molecule has 0 spiro atoms. The summed E-state index contributed by atoms with van der Waals surface area (Å²) >= 11 is 0. The number of phenolic OH excluding ortho intramolecular Hbond substituents is 4. The second kappa shape index (κ2) is 11.9. The molecule has 0 aromatic heterocycles. The fourth-order valence-electron chi connectivity index (χ4n) is 7.42. The molecular formula is C44H46O4. The van der Waals surface area contributed by atoms with Crippen molar-refractivity contribution in [3.63, 3.8) is 0 Å². The van der Waals surface area contributed by atoms with Crippen LogP contribution in [0.15, 0.2) is 109 Å². The van der Waals surface area contributed by atoms with E-state index in [1.807, 2.05) is 72.8 Å². The quantitative estimate of drug-likeness (QED) is 0.146. The lowest BCUT2D eigenvalue weighted by atomic mass is 9.65. The molecular weight excluding hydrogens is 592 g/mol. The average Bonchev–Trinajstić information content (AvgIpc) is 3.03. The van der Waals surface area contributed by atoms with Crippen LogP contribution >= 0.6 is 0 Å². The molecule has 246 valence electrons. The highest BCUT2D eigenvalue weighted by molar-refractivity contribution is 5.92. The Labute approximate surface area is 284 Å². The maximum Gasteiger partial charge on any atom is 0.120 e. The molecule has 4 N–H and O–H groups in total. The summed E-state index contributed by atoms with van der Waals surface area (Å²) in [4.78, 5) is 0. The lowest BCUT2D eigenvalue weighted by Gasteiger charge is -2.38. The summed E-state index contributed by atoms with van der Waals surface area (Å²) in [6.07, 6.45) is 0.457. The summed E-state index contributed by atoms with van der Waals surface area (Å²) in [5.41, 5.74) is 3.75. The summed E-state index contributed by atoms with van der Waals surface area (Å²) in [7, 11) is 0. The van der Waals surface area contributed by atoms with Gasteiger partial charge in [0.25, 0.3) is 0 Å². The first kappa shape index (κ1) is 33.0. The minimum atomic E-state index is -0.723. The van der Waals surface area contributed by atoms with Gasteiger partial charge in [-0.3, -0.25) is 0 Å². The van der Waals surface area contributed by atoms with Gasteiger partial charge in [0.15, 0.2) is 0 Å². The Bertz CT molecular complexity index is 2000. The maximum atomic E-state index is 11.8. The number of hydrogen-bond donors (Lipinski definition) is 4. The van der Waals surface area contributed by atoms with Gasteiger partial charge in [0, 0.05) is 22.5 Å². The van der Waals surface area contributed by atoms with Gasteiger partial charge in [-0.15, -0.1) is 0 Å². The smallest absolute Gasteiger partial charge is 0.120 e. The van der Waals surface area contributed by atoms with E-state index >= 15 is 0 Å². The third-order valence-corrected chi connectivity index (χ3v) is 10.1. The van der Waals surface area contributed by atoms with Crippen LogP contribution in [0.1, 0.15) is 94.2 Å². The van der Waals surface area contributed by atoms with Crippen molar-refractivity contribution in [2.24, 2.45) is 0 Å². The fraction of sp³-hybridized carbons (Fsp3) is 0.273. The van der Waals surface area contributed by atoms with Gasteiger partial charge in [0.2, 0.25) is 0 Å². The van der Waals surface area contributed by atoms with Crippen LogP contribution in [0.4, 0.5) is 0 Å². The Morgan fingerprint density at radius 2 is 0.833 bits per heavy atom. The minimum Gasteiger partial charge on any atom is -0.508 e. The van der Waals surface area contributed by atoms with Gasteiger partial charge in [-0.25, -0.2) is 0 Å². The molecule has 48 heavy (non-hydrogen) atoms. The van der Waals surface area contributed by atoms with Gasteiger partial charge in [-0.05, 0) is 85.3 Å². The second-order valence-electron chi connectivity index (χ2n) is 15.5. The number of benzene rings is 6. The molecule has 0 amide bonds. The van der Waals surface area contributed by atoms with Gasteiger partial charge in [0.1, 0.15) is 23.0 Å². The molecule has 4 heteroatoms. The monoisotopic (exact) mass is 638 g/mol. The number of aromatic hydroxyl groups is 4. The van der Waals surface area contributed by atoms with Crippen molar-refractivity contribution in [2.75, 3.05) is 0 Å². The molecule has 4 nitrogen and oxygen atoms in total. The molecule has 6 aromatic rings. The summed E-state index contributed by atoms with van der Waals surface area (Å²) < 4.78 is 0. The average molecular weight is 639 g/mol. The Kier molecular flexibility index (Phi) is 8.19. The summed E-state index contributed by atoms with van der Waals surface area (Å²) in [6, 6.07) is 35.2. The van der Waals surface area contributed by atoms with Crippen LogP contribution in [-0.2, 0) is 16.2 Å². The Morgan fingerprint density at radius 3 is 1.23 bits per heavy atom. The van der Waals surface area contributed by atoms with Gasteiger partial charge in [-0.1, -0.05) is 133 Å². The highest BCUT2D eigenvalue weighted by Gasteiger charge is 2.38. The fourth-order valence-corrected chi connectivity index (χ4v) is 7.42. The van der Waals surface area contributed by atoms with Crippen LogP contribution in [0, 0.1) is 0 Å². The Hall–Kier alpha value is -4.96. The van der Waals surface area contributed by atoms with E-state index in [2.05, 4.69) is 60.6 Å². The lowest BCUT2D eigenvalue weighted by Crippen LogP contribution is -2.29. The van der Waals surface area contributed by atoms with Crippen LogP contribution in [0.25, 0.3) is 21.5 Å². The Balaban J connectivity index is 1.72. The van der Waals surface area contributed by atoms with Gasteiger partial charge in [0.05, 0.1) is 0 Å². The van der Waals surface area contributed by atoms with Crippen molar-refractivity contribution in [1.29, 1.82) is 0 Å². The second-order valence-corrected chi connectivity index (χ2v) is 15.5. The minimum absolute atomic E-state index is 0.163. The molecule has 0 radical (unpaired) electrons. The molecule has 0 atom stereocenters. The van der Waals surface area contributed by atoms with E-state index in [1.54, 1.807) is 24.3 Å². The topological polar surface area (TPSA) is 80.9 Å². The Morgan fingerprint density at radius 1 is 0.458 bits per heavy atom. The number of phenols is 4. The standard InChI is InChI=1S/C44H46O4/c1-42(2,3)34-24-29(18-22-36(34)45)44(7,30-19-23-37(46)35(25-30)43(4,5)6)26-33(40-31-14-10-8-12-27(31)16-20-38(40)47)41-32-15-11-9-13-28(32)17-21-39(41)48/h8-25,33,45-48H,26H2,1-7H3. The van der Waals surface area contributed by atoms with Crippen molar-refractivity contribution < 1.29 is 20.4 Å². The zero-order valence-electron chi connectivity index (χ0n) is 29.0. The lowest BCUT2D eigenvalue weighted by molar-refractivity contribution is 0.425. The SMILES string of the molecule is CC(C)(C)c1cc(C(C)(CC(c2c(O)ccc3ccccc23)c2c(O)ccc3ccccc23)c2ccc(O)c(C(C)(C)C)c2)ccc1O. The first-order valence-corrected chi connectivity index (χ1v) is 16.7. The van der Waals surface area contributed by atoms with Crippen molar-refractivity contribution >= 4 is 21.5 Å². The molecule has 0 saturated carbocycles. The molecule has 6 aromatic carbocycles. The van der Waals surface area contributed by atoms with Crippen LogP contribution in [0.3, 0.4) is 0 Å². The van der Waals surface area contributed by atoms with E-state index in [-0.39, 0.29) is 33.8 Å². The maximum absolute atomic E-state index is 11.8. The van der Waals surface area contributed by atoms with Gasteiger partial charge >= 0.3 is 0 Å². The highest BCUT2D eigenvalue weighted by atomic mass is 16.3. The number of fused-ring (bicyclic) bond motifs is 2. The number of rotatable bonds is 6. The van der Waals surface area contributed by atoms with E-state index < -0.39 is 11.3 Å². The van der Waals surface area contributed by atoms with E-state index in [0.717, 1.165) is 54.9 Å². The van der Waals surface area contributed by atoms with Crippen molar-refractivity contribution in [2.45, 2.75) is 77.0 Å². The largest absolute Gasteiger partial charge is 0.508 e. The molecule has 0 aliphatic carbocycles. The van der Waals surface area contributed by atoms with Crippen molar-refractivity contribution in [3.8, 4) is 23.0 Å². The van der Waals surface area contributed by atoms with Crippen LogP contribution in [0.2, 0.25) is 0 Å². The summed E-state index contributed by atoms with van der Waals surface area (Å²) in [5, 5.41) is 49.4. The van der Waals surface area contributed by atoms with Gasteiger partial charge in [-0.2, -0.15) is 0 Å². The first-order chi connectivity index (χ1) is 22.6. The number of hydrogen-bond acceptors (Lipinski definition) is 4. The molecule has 0 fully saturated rings. The molecule has 0 aliphatic rings. The van der Waals surface area contributed by atoms with Crippen molar-refractivity contribution in [3.05, 3.63) is 143 Å². The molecule has 0 bridgehead atoms. The van der Waals surface area contributed by atoms with E-state index in [0.29, 0.717) is 6.42 Å². The molecule has 6 rings (SSSR count). The molecule has 0 aliphatic heterocycles. The molecule has 0 heterocycles. The van der Waals surface area contributed by atoms with Gasteiger partial charge < -0.3 is 20.4 Å². The van der Waals surface area contributed by atoms with E-state index in [1.165, 1.54) is 0 Å². The van der Waals surface area contributed by atoms with Crippen LogP contribution in [0.5, 0.6) is 23.0 Å². The molecule has 0 unspecified atom stereocenters. The zero-order valence-corrected chi connectivity index (χ0v) is 29.0. The summed E-state index contributed by atoms with van der Waals surface area (Å²) in [6.45, 7) is 14.7. The van der Waals surface area contributed by atoms with Crippen LogP contribution in [-0.4, -0.2) is 20.4 Å². The third-order valence-electron chi connectivity index (χ3n) is 10.1. The third kappa shape index (κ3) is 5.85. The summed E-state index contributed by atoms with van der Waals surface area (Å²) in [5.74, 6) is 0.339. The van der Waals surface area contributed by atoms with E-state index in [9.17, 15) is 20.4 Å². The highest BCUT2D eigenvalue weighted by Crippen LogP contribution is 2.52. The van der Waals surface area contributed by atoms with Crippen LogP contribution < -0.4 is 0 Å². The van der Waals surface area contributed by atoms with E-state index in [4.69, 9.17) is 0 Å². The first-order valence-electron chi connectivity index (χ1n) is 16.7.